The van der Waals surface area contributed by atoms with Gasteiger partial charge in [0.1, 0.15) is 0 Å². The van der Waals surface area contributed by atoms with Crippen molar-refractivity contribution in [2.24, 2.45) is 0 Å². The van der Waals surface area contributed by atoms with Crippen molar-refractivity contribution in [2.75, 3.05) is 0 Å². The molecular formula is C60H123AgBO12. The Balaban J connectivity index is -0.000000117. The maximum absolute atomic E-state index is 10.1. The van der Waals surface area contributed by atoms with E-state index in [1.165, 1.54) is 193 Å². The van der Waals surface area contributed by atoms with Crippen LogP contribution in [0.3, 0.4) is 0 Å². The maximum Gasteiger partial charge on any atom is 0.303 e. The largest absolute Gasteiger partial charge is 0.481 e. The predicted molar refractivity (Wildman–Crippen MR) is 311 cm³/mol. The minimum absolute atomic E-state index is 0. The minimum atomic E-state index is -0.663. The standard InChI is InChI=1S/6C10H20O2.Ag.BH3/c6*1-2-3-4-5-6-7-8-9-10(11)12;;/h6*2-9H2,1H3,(H,11,12);;1H3. The van der Waals surface area contributed by atoms with Crippen molar-refractivity contribution < 1.29 is 81.8 Å². The fourth-order valence-corrected chi connectivity index (χ4v) is 7.40. The van der Waals surface area contributed by atoms with Gasteiger partial charge in [-0.05, 0) is 38.5 Å². The zero-order valence-electron chi connectivity index (χ0n) is 48.4. The third-order valence-corrected chi connectivity index (χ3v) is 12.0. The molecule has 0 aliphatic heterocycles. The van der Waals surface area contributed by atoms with Gasteiger partial charge in [0.25, 0.3) is 0 Å². The van der Waals surface area contributed by atoms with Gasteiger partial charge in [0, 0.05) is 60.9 Å². The van der Waals surface area contributed by atoms with Crippen molar-refractivity contribution in [3.05, 3.63) is 0 Å². The fourth-order valence-electron chi connectivity index (χ4n) is 7.40. The monoisotopic (exact) mass is 1150 g/mol. The van der Waals surface area contributed by atoms with Gasteiger partial charge in [-0.1, -0.05) is 273 Å². The van der Waals surface area contributed by atoms with Gasteiger partial charge in [0.15, 0.2) is 0 Å². The van der Waals surface area contributed by atoms with E-state index in [-0.39, 0.29) is 30.8 Å². The van der Waals surface area contributed by atoms with E-state index in [9.17, 15) is 28.8 Å². The van der Waals surface area contributed by atoms with Crippen LogP contribution in [0.5, 0.6) is 0 Å². The molecule has 0 aromatic heterocycles. The van der Waals surface area contributed by atoms with Gasteiger partial charge in [-0.2, -0.15) is 0 Å². The van der Waals surface area contributed by atoms with Crippen molar-refractivity contribution in [1.82, 2.24) is 0 Å². The zero-order chi connectivity index (χ0) is 55.4. The molecule has 0 spiro atoms. The molecule has 0 unspecified atom stereocenters. The normalized spacial score (nSPS) is 9.81. The van der Waals surface area contributed by atoms with Gasteiger partial charge in [0.2, 0.25) is 0 Å². The second-order valence-electron chi connectivity index (χ2n) is 19.6. The summed E-state index contributed by atoms with van der Waals surface area (Å²) in [6, 6.07) is 0. The van der Waals surface area contributed by atoms with Gasteiger partial charge >= 0.3 is 35.8 Å². The second-order valence-corrected chi connectivity index (χ2v) is 19.6. The molecule has 0 fully saturated rings. The molecule has 0 heterocycles. The first kappa shape index (κ1) is 88.3. The predicted octanol–water partition coefficient (Wildman–Crippen LogP) is 18.1. The number of aliphatic carboxylic acids is 6. The van der Waals surface area contributed by atoms with Crippen LogP contribution in [0.1, 0.15) is 350 Å². The summed E-state index contributed by atoms with van der Waals surface area (Å²) >= 11 is 0. The summed E-state index contributed by atoms with van der Waals surface area (Å²) in [4.78, 5) is 60.8. The Morgan fingerprint density at radius 2 is 0.270 bits per heavy atom. The molecule has 0 saturated heterocycles. The van der Waals surface area contributed by atoms with Crippen LogP contribution in [0.2, 0.25) is 0 Å². The Bertz CT molecular complexity index is 895. The third-order valence-electron chi connectivity index (χ3n) is 12.0. The van der Waals surface area contributed by atoms with Crippen LogP contribution in [0, 0.1) is 0 Å². The molecule has 0 saturated carbocycles. The number of carboxylic acids is 6. The zero-order valence-corrected chi connectivity index (χ0v) is 49.9. The van der Waals surface area contributed by atoms with Crippen LogP contribution in [0.25, 0.3) is 0 Å². The first-order valence-electron chi connectivity index (χ1n) is 29.9. The first-order chi connectivity index (χ1) is 34.6. The molecular weight excluding hydrogens is 1030 g/mol. The second kappa shape index (κ2) is 84.6. The molecule has 0 aromatic rings. The van der Waals surface area contributed by atoms with E-state index in [1.807, 2.05) is 0 Å². The number of hydrogen-bond acceptors (Lipinski definition) is 6. The molecule has 6 N–H and O–H groups in total. The Labute approximate surface area is 473 Å². The smallest absolute Gasteiger partial charge is 0.303 e. The quantitative estimate of drug-likeness (QED) is 0.0247. The van der Waals surface area contributed by atoms with Crippen molar-refractivity contribution in [2.45, 2.75) is 350 Å². The van der Waals surface area contributed by atoms with Crippen LogP contribution in [-0.4, -0.2) is 74.9 Å². The number of carboxylic acid groups (broad SMARTS) is 6. The molecule has 0 atom stereocenters. The molecule has 0 bridgehead atoms. The average molecular weight is 1160 g/mol. The molecule has 14 heteroatoms. The van der Waals surface area contributed by atoms with Gasteiger partial charge in [-0.15, -0.1) is 0 Å². The van der Waals surface area contributed by atoms with Crippen molar-refractivity contribution >= 4 is 44.2 Å². The Hall–Kier alpha value is -2.37. The van der Waals surface area contributed by atoms with Crippen LogP contribution in [0.4, 0.5) is 0 Å². The molecule has 449 valence electrons. The summed E-state index contributed by atoms with van der Waals surface area (Å²) in [7, 11) is 0. The third kappa shape index (κ3) is 123. The van der Waals surface area contributed by atoms with E-state index in [1.54, 1.807) is 0 Å². The van der Waals surface area contributed by atoms with Gasteiger partial charge in [-0.25, -0.2) is 0 Å². The molecule has 0 rings (SSSR count). The SMILES string of the molecule is B.CCCCCCCCCC(=O)O.CCCCCCCCCC(=O)O.CCCCCCCCCC(=O)O.CCCCCCCCCC(=O)O.CCCCCCCCCC(=O)O.CCCCCCCCCC(=O)O.[Ag]. The van der Waals surface area contributed by atoms with Crippen molar-refractivity contribution in [1.29, 1.82) is 0 Å². The Morgan fingerprint density at radius 1 is 0.189 bits per heavy atom. The molecule has 0 aliphatic rings. The van der Waals surface area contributed by atoms with Crippen molar-refractivity contribution in [3.8, 4) is 0 Å². The van der Waals surface area contributed by atoms with E-state index in [0.717, 1.165) is 77.0 Å². The molecule has 0 amide bonds. The van der Waals surface area contributed by atoms with Gasteiger partial charge in [-0.3, -0.25) is 28.8 Å². The summed E-state index contributed by atoms with van der Waals surface area (Å²) in [6.45, 7) is 13.2. The molecule has 74 heavy (non-hydrogen) atoms. The molecule has 12 nitrogen and oxygen atoms in total. The number of carbonyl (C=O) groups is 6. The van der Waals surface area contributed by atoms with Crippen LogP contribution in [0.15, 0.2) is 0 Å². The van der Waals surface area contributed by atoms with Crippen LogP contribution >= 0.6 is 0 Å². The van der Waals surface area contributed by atoms with Gasteiger partial charge in [0.05, 0.1) is 8.41 Å². The van der Waals surface area contributed by atoms with Crippen LogP contribution < -0.4 is 0 Å². The summed E-state index contributed by atoms with van der Waals surface area (Å²) in [5.41, 5.74) is 0. The number of unbranched alkanes of at least 4 members (excludes halogenated alkanes) is 36. The summed E-state index contributed by atoms with van der Waals surface area (Å²) in [5, 5.41) is 50.1. The molecule has 0 aliphatic carbocycles. The number of hydrogen-bond donors (Lipinski definition) is 6. The number of rotatable bonds is 48. The van der Waals surface area contributed by atoms with Crippen molar-refractivity contribution in [3.63, 3.8) is 0 Å². The maximum atomic E-state index is 10.1. The van der Waals surface area contributed by atoms with E-state index < -0.39 is 35.8 Å². The summed E-state index contributed by atoms with van der Waals surface area (Å²) < 4.78 is 0. The van der Waals surface area contributed by atoms with Gasteiger partial charge < -0.3 is 30.6 Å². The first-order valence-corrected chi connectivity index (χ1v) is 29.9. The Kier molecular flexibility index (Phi) is 101. The summed E-state index contributed by atoms with van der Waals surface area (Å²) in [5.74, 6) is -3.98. The van der Waals surface area contributed by atoms with E-state index in [4.69, 9.17) is 30.6 Å². The van der Waals surface area contributed by atoms with E-state index in [0.29, 0.717) is 38.5 Å². The average Bonchev–Trinajstić information content (AvgIpc) is 3.33. The molecule has 0 aromatic carbocycles. The van der Waals surface area contributed by atoms with E-state index >= 15 is 0 Å². The minimum Gasteiger partial charge on any atom is -0.481 e. The van der Waals surface area contributed by atoms with E-state index in [2.05, 4.69) is 41.5 Å². The topological polar surface area (TPSA) is 224 Å². The fraction of sp³-hybridized carbons (Fsp3) is 0.900. The summed E-state index contributed by atoms with van der Waals surface area (Å²) in [6.07, 6.45) is 51.9. The molecule has 1 radical (unpaired) electrons. The van der Waals surface area contributed by atoms with Crippen LogP contribution in [-0.2, 0) is 51.1 Å². The Morgan fingerprint density at radius 3 is 0.351 bits per heavy atom.